The maximum atomic E-state index is 11.9. The first-order valence-electron chi connectivity index (χ1n) is 6.81. The summed E-state index contributed by atoms with van der Waals surface area (Å²) in [6, 6.07) is 7.01. The van der Waals surface area contributed by atoms with Gasteiger partial charge in [-0.15, -0.1) is 0 Å². The minimum absolute atomic E-state index is 0.0426. The van der Waals surface area contributed by atoms with Crippen molar-refractivity contribution in [2.45, 2.75) is 32.1 Å². The summed E-state index contributed by atoms with van der Waals surface area (Å²) in [4.78, 5) is 23.4. The molecule has 2 amide bonds. The van der Waals surface area contributed by atoms with Gasteiger partial charge in [0.1, 0.15) is 0 Å². The highest BCUT2D eigenvalue weighted by Crippen LogP contribution is 2.27. The lowest BCUT2D eigenvalue weighted by molar-refractivity contribution is -0.117. The van der Waals surface area contributed by atoms with Crippen molar-refractivity contribution in [3.8, 4) is 0 Å². The fraction of sp³-hybridized carbons (Fsp3) is 0.467. The van der Waals surface area contributed by atoms with E-state index in [4.69, 9.17) is 0 Å². The Hall–Kier alpha value is -1.84. The Kier molecular flexibility index (Phi) is 4.55. The van der Waals surface area contributed by atoms with Gasteiger partial charge in [-0.2, -0.15) is 0 Å². The van der Waals surface area contributed by atoms with Crippen LogP contribution >= 0.6 is 0 Å². The van der Waals surface area contributed by atoms with Crippen molar-refractivity contribution >= 4 is 17.5 Å². The Morgan fingerprint density at radius 2 is 2.00 bits per heavy atom. The number of hydrogen-bond donors (Lipinski definition) is 2. The average Bonchev–Trinajstić information content (AvgIpc) is 2.90. The SMILES string of the molecule is CNC(=O)c1cccc(NC(=O)CC2CCCC2)c1. The third-order valence-corrected chi connectivity index (χ3v) is 3.58. The number of carbonyl (C=O) groups excluding carboxylic acids is 2. The van der Waals surface area contributed by atoms with Crippen molar-refractivity contribution in [1.29, 1.82) is 0 Å². The molecule has 0 radical (unpaired) electrons. The lowest BCUT2D eigenvalue weighted by Crippen LogP contribution is -2.19. The second-order valence-electron chi connectivity index (χ2n) is 5.06. The normalized spacial score (nSPS) is 15.2. The van der Waals surface area contributed by atoms with Gasteiger partial charge in [-0.1, -0.05) is 18.9 Å². The first kappa shape index (κ1) is 13.6. The van der Waals surface area contributed by atoms with Crippen molar-refractivity contribution in [3.63, 3.8) is 0 Å². The second-order valence-corrected chi connectivity index (χ2v) is 5.06. The molecule has 0 bridgehead atoms. The first-order valence-corrected chi connectivity index (χ1v) is 6.81. The van der Waals surface area contributed by atoms with Crippen LogP contribution in [0.5, 0.6) is 0 Å². The van der Waals surface area contributed by atoms with E-state index < -0.39 is 0 Å². The van der Waals surface area contributed by atoms with Crippen molar-refractivity contribution in [1.82, 2.24) is 5.32 Å². The molecule has 1 aliphatic rings. The van der Waals surface area contributed by atoms with Gasteiger partial charge in [0.05, 0.1) is 0 Å². The number of amides is 2. The zero-order chi connectivity index (χ0) is 13.7. The monoisotopic (exact) mass is 260 g/mol. The van der Waals surface area contributed by atoms with Crippen LogP contribution < -0.4 is 10.6 Å². The molecule has 0 aliphatic heterocycles. The highest BCUT2D eigenvalue weighted by molar-refractivity contribution is 5.97. The molecule has 102 valence electrons. The molecule has 1 fully saturated rings. The summed E-state index contributed by atoms with van der Waals surface area (Å²) < 4.78 is 0. The smallest absolute Gasteiger partial charge is 0.251 e. The van der Waals surface area contributed by atoms with E-state index in [1.165, 1.54) is 12.8 Å². The molecule has 0 heterocycles. The summed E-state index contributed by atoms with van der Waals surface area (Å²) >= 11 is 0. The second kappa shape index (κ2) is 6.36. The molecule has 1 aromatic rings. The van der Waals surface area contributed by atoms with Crippen LogP contribution in [-0.4, -0.2) is 18.9 Å². The zero-order valence-electron chi connectivity index (χ0n) is 11.2. The number of hydrogen-bond acceptors (Lipinski definition) is 2. The standard InChI is InChI=1S/C15H20N2O2/c1-16-15(19)12-7-4-8-13(10-12)17-14(18)9-11-5-2-3-6-11/h4,7-8,10-11H,2-3,5-6,9H2,1H3,(H,16,19)(H,17,18). The van der Waals surface area contributed by atoms with Gasteiger partial charge < -0.3 is 10.6 Å². The molecule has 0 spiro atoms. The molecule has 0 atom stereocenters. The predicted molar refractivity (Wildman–Crippen MR) is 75.0 cm³/mol. The molecular weight excluding hydrogens is 240 g/mol. The minimum atomic E-state index is -0.146. The summed E-state index contributed by atoms with van der Waals surface area (Å²) in [5.74, 6) is 0.426. The van der Waals surface area contributed by atoms with E-state index in [0.29, 0.717) is 23.6 Å². The van der Waals surface area contributed by atoms with Crippen LogP contribution in [-0.2, 0) is 4.79 Å². The van der Waals surface area contributed by atoms with Gasteiger partial charge in [-0.05, 0) is 37.0 Å². The van der Waals surface area contributed by atoms with Gasteiger partial charge in [-0.3, -0.25) is 9.59 Å². The van der Waals surface area contributed by atoms with Crippen LogP contribution in [0, 0.1) is 5.92 Å². The number of anilines is 1. The van der Waals surface area contributed by atoms with E-state index >= 15 is 0 Å². The van der Waals surface area contributed by atoms with Crippen molar-refractivity contribution in [2.75, 3.05) is 12.4 Å². The highest BCUT2D eigenvalue weighted by atomic mass is 16.2. The predicted octanol–water partition coefficient (Wildman–Crippen LogP) is 2.57. The van der Waals surface area contributed by atoms with Gasteiger partial charge in [-0.25, -0.2) is 0 Å². The third-order valence-electron chi connectivity index (χ3n) is 3.58. The lowest BCUT2D eigenvalue weighted by Gasteiger charge is -2.10. The summed E-state index contributed by atoms with van der Waals surface area (Å²) in [5.41, 5.74) is 1.24. The van der Waals surface area contributed by atoms with E-state index in [1.807, 2.05) is 0 Å². The van der Waals surface area contributed by atoms with Gasteiger partial charge in [0, 0.05) is 24.7 Å². The largest absolute Gasteiger partial charge is 0.355 e. The van der Waals surface area contributed by atoms with Crippen molar-refractivity contribution in [2.24, 2.45) is 5.92 Å². The average molecular weight is 260 g/mol. The van der Waals surface area contributed by atoms with Gasteiger partial charge in [0.2, 0.25) is 5.91 Å². The number of benzene rings is 1. The Morgan fingerprint density at radius 1 is 1.26 bits per heavy atom. The zero-order valence-corrected chi connectivity index (χ0v) is 11.2. The van der Waals surface area contributed by atoms with E-state index in [0.717, 1.165) is 12.8 Å². The molecular formula is C15H20N2O2. The third kappa shape index (κ3) is 3.81. The molecule has 1 aliphatic carbocycles. The maximum Gasteiger partial charge on any atom is 0.251 e. The van der Waals surface area contributed by atoms with Gasteiger partial charge >= 0.3 is 0 Å². The Bertz CT molecular complexity index is 465. The van der Waals surface area contributed by atoms with Crippen LogP contribution in [0.1, 0.15) is 42.5 Å². The maximum absolute atomic E-state index is 11.9. The minimum Gasteiger partial charge on any atom is -0.355 e. The molecule has 1 saturated carbocycles. The fourth-order valence-electron chi connectivity index (χ4n) is 2.57. The Balaban J connectivity index is 1.94. The lowest BCUT2D eigenvalue weighted by atomic mass is 10.0. The Labute approximate surface area is 113 Å². The molecule has 2 rings (SSSR count). The molecule has 1 aromatic carbocycles. The van der Waals surface area contributed by atoms with Crippen LogP contribution in [0.25, 0.3) is 0 Å². The molecule has 19 heavy (non-hydrogen) atoms. The number of carbonyl (C=O) groups is 2. The summed E-state index contributed by atoms with van der Waals surface area (Å²) in [6.45, 7) is 0. The van der Waals surface area contributed by atoms with Crippen LogP contribution in [0.2, 0.25) is 0 Å². The van der Waals surface area contributed by atoms with E-state index in [9.17, 15) is 9.59 Å². The molecule has 4 heteroatoms. The van der Waals surface area contributed by atoms with Gasteiger partial charge in [0.15, 0.2) is 0 Å². The molecule has 0 aromatic heterocycles. The summed E-state index contributed by atoms with van der Waals surface area (Å²) in [5, 5.41) is 5.44. The van der Waals surface area contributed by atoms with Crippen LogP contribution in [0.15, 0.2) is 24.3 Å². The number of nitrogens with one attached hydrogen (secondary N) is 2. The number of rotatable bonds is 4. The fourth-order valence-corrected chi connectivity index (χ4v) is 2.57. The van der Waals surface area contributed by atoms with E-state index in [1.54, 1.807) is 31.3 Å². The molecule has 4 nitrogen and oxygen atoms in total. The van der Waals surface area contributed by atoms with E-state index in [-0.39, 0.29) is 11.8 Å². The summed E-state index contributed by atoms with van der Waals surface area (Å²) in [7, 11) is 1.59. The highest BCUT2D eigenvalue weighted by Gasteiger charge is 2.18. The quantitative estimate of drug-likeness (QED) is 0.874. The van der Waals surface area contributed by atoms with Crippen molar-refractivity contribution < 1.29 is 9.59 Å². The van der Waals surface area contributed by atoms with Gasteiger partial charge in [0.25, 0.3) is 5.91 Å². The first-order chi connectivity index (χ1) is 9.19. The summed E-state index contributed by atoms with van der Waals surface area (Å²) in [6.07, 6.45) is 5.38. The van der Waals surface area contributed by atoms with Crippen LogP contribution in [0.3, 0.4) is 0 Å². The molecule has 0 saturated heterocycles. The molecule has 2 N–H and O–H groups in total. The Morgan fingerprint density at radius 3 is 2.68 bits per heavy atom. The van der Waals surface area contributed by atoms with Crippen LogP contribution in [0.4, 0.5) is 5.69 Å². The van der Waals surface area contributed by atoms with Crippen molar-refractivity contribution in [3.05, 3.63) is 29.8 Å². The van der Waals surface area contributed by atoms with E-state index in [2.05, 4.69) is 10.6 Å². The molecule has 0 unspecified atom stereocenters. The topological polar surface area (TPSA) is 58.2 Å².